The number of hydrogen-bond acceptors (Lipinski definition) is 2. The Balaban J connectivity index is 1.60. The van der Waals surface area contributed by atoms with Gasteiger partial charge < -0.3 is 15.2 Å². The van der Waals surface area contributed by atoms with Crippen molar-refractivity contribution < 1.29 is 9.59 Å². The van der Waals surface area contributed by atoms with Crippen molar-refractivity contribution in [2.45, 2.75) is 0 Å². The van der Waals surface area contributed by atoms with E-state index in [1.807, 2.05) is 35.9 Å². The van der Waals surface area contributed by atoms with E-state index in [0.717, 1.165) is 15.4 Å². The van der Waals surface area contributed by atoms with Crippen LogP contribution < -0.4 is 10.6 Å². The highest BCUT2D eigenvalue weighted by molar-refractivity contribution is 9.10. The smallest absolute Gasteiger partial charge is 0.269 e. The van der Waals surface area contributed by atoms with Gasteiger partial charge in [-0.3, -0.25) is 9.59 Å². The van der Waals surface area contributed by atoms with E-state index in [-0.39, 0.29) is 11.8 Å². The number of nitrogens with one attached hydrogen (secondary N) is 2. The van der Waals surface area contributed by atoms with Gasteiger partial charge in [-0.2, -0.15) is 0 Å². The van der Waals surface area contributed by atoms with Gasteiger partial charge in [0.2, 0.25) is 0 Å². The average Bonchev–Trinajstić information content (AvgIpc) is 2.90. The van der Waals surface area contributed by atoms with Gasteiger partial charge in [-0.25, -0.2) is 0 Å². The van der Waals surface area contributed by atoms with Gasteiger partial charge in [0, 0.05) is 31.0 Å². The minimum Gasteiger partial charge on any atom is -0.350 e. The summed E-state index contributed by atoms with van der Waals surface area (Å²) >= 11 is 9.51. The molecule has 0 fully saturated rings. The first-order valence-electron chi connectivity index (χ1n) is 8.04. The van der Waals surface area contributed by atoms with Crippen LogP contribution in [-0.2, 0) is 7.05 Å². The fourth-order valence-corrected chi connectivity index (χ4v) is 3.78. The Morgan fingerprint density at radius 1 is 1.00 bits per heavy atom. The lowest BCUT2D eigenvalue weighted by molar-refractivity contribution is 0.0923. The Morgan fingerprint density at radius 2 is 1.62 bits per heavy atom. The molecule has 134 valence electrons. The molecule has 0 saturated heterocycles. The zero-order valence-corrected chi connectivity index (χ0v) is 16.4. The van der Waals surface area contributed by atoms with E-state index in [1.165, 1.54) is 0 Å². The highest BCUT2D eigenvalue weighted by Crippen LogP contribution is 2.29. The van der Waals surface area contributed by atoms with Crippen molar-refractivity contribution in [3.63, 3.8) is 0 Å². The minimum atomic E-state index is -0.268. The van der Waals surface area contributed by atoms with E-state index in [4.69, 9.17) is 11.6 Å². The molecular weight excluding hydrogens is 418 g/mol. The van der Waals surface area contributed by atoms with E-state index in [0.29, 0.717) is 29.4 Å². The van der Waals surface area contributed by atoms with Crippen molar-refractivity contribution in [1.29, 1.82) is 0 Å². The number of aryl methyl sites for hydroxylation is 1. The molecule has 2 aromatic carbocycles. The summed E-state index contributed by atoms with van der Waals surface area (Å²) in [5.74, 6) is -0.474. The van der Waals surface area contributed by atoms with Crippen molar-refractivity contribution in [2.75, 3.05) is 13.1 Å². The number of aromatic nitrogens is 1. The Bertz CT molecular complexity index is 945. The molecule has 1 aromatic heterocycles. The van der Waals surface area contributed by atoms with Gasteiger partial charge in [0.1, 0.15) is 5.69 Å². The summed E-state index contributed by atoms with van der Waals surface area (Å²) in [6.45, 7) is 0.611. The van der Waals surface area contributed by atoms with Crippen molar-refractivity contribution >= 4 is 50.2 Å². The number of nitrogens with zero attached hydrogens (tertiary/aromatic N) is 1. The second kappa shape index (κ2) is 7.93. The molecule has 0 aliphatic heterocycles. The number of carbonyl (C=O) groups excluding carboxylic acids is 2. The molecule has 0 atom stereocenters. The number of carbonyl (C=O) groups is 2. The molecular formula is C19H17BrClN3O2. The normalized spacial score (nSPS) is 10.7. The number of rotatable bonds is 5. The fourth-order valence-electron chi connectivity index (χ4n) is 2.78. The Hall–Kier alpha value is -2.31. The third-order valence-electron chi connectivity index (χ3n) is 4.07. The maximum Gasteiger partial charge on any atom is 0.269 e. The minimum absolute atomic E-state index is 0.206. The van der Waals surface area contributed by atoms with Crippen molar-refractivity contribution in [1.82, 2.24) is 15.2 Å². The molecule has 3 rings (SSSR count). The van der Waals surface area contributed by atoms with Crippen LogP contribution in [0.25, 0.3) is 10.9 Å². The van der Waals surface area contributed by atoms with Crippen LogP contribution >= 0.6 is 27.5 Å². The van der Waals surface area contributed by atoms with Crippen LogP contribution in [0.2, 0.25) is 5.02 Å². The molecule has 7 heteroatoms. The molecule has 0 aliphatic rings. The van der Waals surface area contributed by atoms with Gasteiger partial charge in [-0.15, -0.1) is 0 Å². The molecule has 1 heterocycles. The Labute approximate surface area is 164 Å². The molecule has 0 saturated carbocycles. The lowest BCUT2D eigenvalue weighted by Gasteiger charge is -2.09. The second-order valence-electron chi connectivity index (χ2n) is 5.73. The first-order chi connectivity index (χ1) is 12.5. The lowest BCUT2D eigenvalue weighted by Crippen LogP contribution is -2.35. The monoisotopic (exact) mass is 433 g/mol. The van der Waals surface area contributed by atoms with Gasteiger partial charge in [-0.1, -0.05) is 41.9 Å². The van der Waals surface area contributed by atoms with Gasteiger partial charge in [-0.05, 0) is 34.1 Å². The number of amides is 2. The van der Waals surface area contributed by atoms with Gasteiger partial charge in [0.25, 0.3) is 11.8 Å². The number of benzene rings is 2. The van der Waals surface area contributed by atoms with E-state index in [1.54, 1.807) is 24.3 Å². The predicted octanol–water partition coefficient (Wildman–Crippen LogP) is 3.75. The summed E-state index contributed by atoms with van der Waals surface area (Å²) in [5.41, 5.74) is 1.93. The molecule has 0 aliphatic carbocycles. The zero-order chi connectivity index (χ0) is 18.7. The fraction of sp³-hybridized carbons (Fsp3) is 0.158. The van der Waals surface area contributed by atoms with Crippen LogP contribution in [0, 0.1) is 0 Å². The standard InChI is InChI=1S/C19H17BrClN3O2/c1-24-15-9-5-3-7-13(15)16(20)17(24)19(26)23-11-10-22-18(25)12-6-2-4-8-14(12)21/h2-9H,10-11H2,1H3,(H,22,25)(H,23,26). The molecule has 0 radical (unpaired) electrons. The third kappa shape index (κ3) is 3.61. The largest absolute Gasteiger partial charge is 0.350 e. The number of hydrogen-bond donors (Lipinski definition) is 2. The highest BCUT2D eigenvalue weighted by atomic mass is 79.9. The summed E-state index contributed by atoms with van der Waals surface area (Å²) in [4.78, 5) is 24.6. The van der Waals surface area contributed by atoms with Crippen LogP contribution in [0.15, 0.2) is 53.0 Å². The topological polar surface area (TPSA) is 63.1 Å². The maximum absolute atomic E-state index is 12.5. The van der Waals surface area contributed by atoms with Crippen LogP contribution in [0.3, 0.4) is 0 Å². The van der Waals surface area contributed by atoms with Crippen LogP contribution in [0.5, 0.6) is 0 Å². The van der Waals surface area contributed by atoms with E-state index in [9.17, 15) is 9.59 Å². The first kappa shape index (κ1) is 18.5. The molecule has 2 amide bonds. The molecule has 0 bridgehead atoms. The summed E-state index contributed by atoms with van der Waals surface area (Å²) in [7, 11) is 1.85. The molecule has 3 aromatic rings. The zero-order valence-electron chi connectivity index (χ0n) is 14.1. The van der Waals surface area contributed by atoms with Gasteiger partial charge in [0.15, 0.2) is 0 Å². The molecule has 5 nitrogen and oxygen atoms in total. The quantitative estimate of drug-likeness (QED) is 0.601. The van der Waals surface area contributed by atoms with E-state index in [2.05, 4.69) is 26.6 Å². The van der Waals surface area contributed by atoms with Crippen LogP contribution in [0.4, 0.5) is 0 Å². The van der Waals surface area contributed by atoms with E-state index >= 15 is 0 Å². The van der Waals surface area contributed by atoms with Crippen LogP contribution in [-0.4, -0.2) is 29.5 Å². The number of para-hydroxylation sites is 1. The van der Waals surface area contributed by atoms with Gasteiger partial charge >= 0.3 is 0 Å². The summed E-state index contributed by atoms with van der Waals surface area (Å²) in [6.07, 6.45) is 0. The molecule has 26 heavy (non-hydrogen) atoms. The van der Waals surface area contributed by atoms with Crippen molar-refractivity contribution in [3.05, 3.63) is 69.3 Å². The maximum atomic E-state index is 12.5. The average molecular weight is 435 g/mol. The molecule has 0 spiro atoms. The SMILES string of the molecule is Cn1c(C(=O)NCCNC(=O)c2ccccc2Cl)c(Br)c2ccccc21. The lowest BCUT2D eigenvalue weighted by atomic mass is 10.2. The highest BCUT2D eigenvalue weighted by Gasteiger charge is 2.18. The summed E-state index contributed by atoms with van der Waals surface area (Å²) in [6, 6.07) is 14.6. The molecule has 2 N–H and O–H groups in total. The number of fused-ring (bicyclic) bond motifs is 1. The van der Waals surface area contributed by atoms with E-state index < -0.39 is 0 Å². The Morgan fingerprint density at radius 3 is 2.31 bits per heavy atom. The predicted molar refractivity (Wildman–Crippen MR) is 107 cm³/mol. The van der Waals surface area contributed by atoms with Crippen molar-refractivity contribution in [2.24, 2.45) is 7.05 Å². The number of halogens is 2. The van der Waals surface area contributed by atoms with Crippen molar-refractivity contribution in [3.8, 4) is 0 Å². The molecule has 0 unspecified atom stereocenters. The Kier molecular flexibility index (Phi) is 5.64. The second-order valence-corrected chi connectivity index (χ2v) is 6.93. The van der Waals surface area contributed by atoms with Gasteiger partial charge in [0.05, 0.1) is 15.1 Å². The first-order valence-corrected chi connectivity index (χ1v) is 9.21. The third-order valence-corrected chi connectivity index (χ3v) is 5.21. The summed E-state index contributed by atoms with van der Waals surface area (Å²) in [5, 5.41) is 6.95. The van der Waals surface area contributed by atoms with Crippen LogP contribution in [0.1, 0.15) is 20.8 Å². The summed E-state index contributed by atoms with van der Waals surface area (Å²) < 4.78 is 2.60.